The summed E-state index contributed by atoms with van der Waals surface area (Å²) in [4.78, 5) is 0. The lowest BCUT2D eigenvalue weighted by Gasteiger charge is -2.25. The average Bonchev–Trinajstić information content (AvgIpc) is 2.16. The van der Waals surface area contributed by atoms with E-state index < -0.39 is 24.4 Å². The van der Waals surface area contributed by atoms with Gasteiger partial charge in [-0.25, -0.2) is 8.78 Å². The Hall–Kier alpha value is -0.810. The molecule has 0 saturated heterocycles. The topological polar surface area (TPSA) is 20.2 Å². The summed E-state index contributed by atoms with van der Waals surface area (Å²) in [5.41, 5.74) is 0.123. The molecule has 0 fully saturated rings. The molecule has 0 amide bonds. The fourth-order valence-electron chi connectivity index (χ4n) is 1.22. The van der Waals surface area contributed by atoms with Crippen molar-refractivity contribution in [3.8, 4) is 0 Å². The highest BCUT2D eigenvalue weighted by atomic mass is 35.5. The first kappa shape index (κ1) is 14.3. The molecular weight excluding hydrogens is 260 g/mol. The van der Waals surface area contributed by atoms with E-state index in [9.17, 15) is 22.7 Å². The lowest BCUT2D eigenvalue weighted by molar-refractivity contribution is -0.211. The minimum atomic E-state index is -4.26. The molecule has 96 valence electrons. The smallest absolute Gasteiger partial charge is 0.312 e. The maximum absolute atomic E-state index is 13.0. The summed E-state index contributed by atoms with van der Waals surface area (Å²) in [5, 5.41) is 9.82. The van der Waals surface area contributed by atoms with E-state index >= 15 is 0 Å². The van der Waals surface area contributed by atoms with Crippen LogP contribution in [-0.4, -0.2) is 17.0 Å². The van der Waals surface area contributed by atoms with E-state index in [2.05, 4.69) is 0 Å². The third kappa shape index (κ3) is 3.57. The van der Waals surface area contributed by atoms with Crippen molar-refractivity contribution in [1.82, 2.24) is 0 Å². The second-order valence-electron chi connectivity index (χ2n) is 3.86. The molecule has 1 N–H and O–H groups in total. The van der Waals surface area contributed by atoms with Gasteiger partial charge in [-0.05, 0) is 17.7 Å². The Balaban J connectivity index is 2.79. The van der Waals surface area contributed by atoms with Gasteiger partial charge in [0.25, 0.3) is 0 Å². The summed E-state index contributed by atoms with van der Waals surface area (Å²) in [5.74, 6) is -8.42. The van der Waals surface area contributed by atoms with Gasteiger partial charge < -0.3 is 5.11 Å². The van der Waals surface area contributed by atoms with Gasteiger partial charge in [-0.3, -0.25) is 0 Å². The van der Waals surface area contributed by atoms with Gasteiger partial charge in [-0.1, -0.05) is 23.7 Å². The third-order valence-electron chi connectivity index (χ3n) is 2.35. The van der Waals surface area contributed by atoms with Crippen molar-refractivity contribution in [2.75, 3.05) is 0 Å². The van der Waals surface area contributed by atoms with Gasteiger partial charge >= 0.3 is 11.8 Å². The summed E-state index contributed by atoms with van der Waals surface area (Å²) in [6, 6.07) is 5.42. The molecule has 1 nitrogen and oxygen atoms in total. The van der Waals surface area contributed by atoms with E-state index in [1.165, 1.54) is 24.3 Å². The molecule has 0 aliphatic carbocycles. The highest BCUT2D eigenvalue weighted by molar-refractivity contribution is 6.30. The lowest BCUT2D eigenvalue weighted by Crippen LogP contribution is -2.38. The van der Waals surface area contributed by atoms with Crippen LogP contribution in [0.25, 0.3) is 0 Å². The Morgan fingerprint density at radius 3 is 2.06 bits per heavy atom. The minimum absolute atomic E-state index is 0.123. The highest BCUT2D eigenvalue weighted by Gasteiger charge is 2.52. The average molecular weight is 271 g/mol. The van der Waals surface area contributed by atoms with Crippen LogP contribution in [-0.2, 0) is 0 Å². The van der Waals surface area contributed by atoms with Crippen molar-refractivity contribution >= 4 is 11.6 Å². The van der Waals surface area contributed by atoms with Gasteiger partial charge in [0, 0.05) is 18.4 Å². The van der Waals surface area contributed by atoms with E-state index in [-0.39, 0.29) is 12.5 Å². The molecule has 0 heterocycles. The van der Waals surface area contributed by atoms with E-state index in [0.29, 0.717) is 5.02 Å². The van der Waals surface area contributed by atoms with Crippen LogP contribution in [0.1, 0.15) is 25.0 Å². The van der Waals surface area contributed by atoms with E-state index in [0.717, 1.165) is 0 Å². The van der Waals surface area contributed by atoms with Gasteiger partial charge in [-0.15, -0.1) is 0 Å². The number of alkyl halides is 4. The summed E-state index contributed by atoms with van der Waals surface area (Å²) >= 11 is 5.57. The monoisotopic (exact) mass is 270 g/mol. The molecule has 1 unspecified atom stereocenters. The van der Waals surface area contributed by atoms with Crippen molar-refractivity contribution in [3.05, 3.63) is 34.9 Å². The fourth-order valence-corrected chi connectivity index (χ4v) is 1.35. The fraction of sp³-hybridized carbons (Fsp3) is 0.455. The maximum Gasteiger partial charge on any atom is 0.312 e. The van der Waals surface area contributed by atoms with E-state index in [1.54, 1.807) is 0 Å². The van der Waals surface area contributed by atoms with Crippen molar-refractivity contribution in [3.63, 3.8) is 0 Å². The van der Waals surface area contributed by atoms with Crippen LogP contribution in [0.15, 0.2) is 24.3 Å². The van der Waals surface area contributed by atoms with Crippen LogP contribution >= 0.6 is 11.6 Å². The lowest BCUT2D eigenvalue weighted by atomic mass is 10.00. The summed E-state index contributed by atoms with van der Waals surface area (Å²) in [6.45, 7) is 0.127. The number of benzene rings is 1. The molecule has 1 atom stereocenters. The van der Waals surface area contributed by atoms with Crippen molar-refractivity contribution in [2.24, 2.45) is 0 Å². The third-order valence-corrected chi connectivity index (χ3v) is 2.60. The van der Waals surface area contributed by atoms with Gasteiger partial charge in [0.1, 0.15) is 0 Å². The van der Waals surface area contributed by atoms with Gasteiger partial charge in [-0.2, -0.15) is 8.78 Å². The Morgan fingerprint density at radius 1 is 1.18 bits per heavy atom. The molecule has 17 heavy (non-hydrogen) atoms. The normalized spacial score (nSPS) is 14.8. The first-order valence-corrected chi connectivity index (χ1v) is 5.20. The molecule has 0 spiro atoms. The quantitative estimate of drug-likeness (QED) is 0.818. The van der Waals surface area contributed by atoms with E-state index in [4.69, 9.17) is 11.6 Å². The van der Waals surface area contributed by atoms with Crippen molar-refractivity contribution in [2.45, 2.75) is 31.3 Å². The molecule has 0 radical (unpaired) electrons. The number of aliphatic hydroxyl groups excluding tert-OH is 1. The Bertz CT molecular complexity index is 372. The molecule has 1 rings (SSSR count). The van der Waals surface area contributed by atoms with Gasteiger partial charge in [0.2, 0.25) is 0 Å². The zero-order valence-electron chi connectivity index (χ0n) is 8.93. The predicted octanol–water partition coefficient (Wildman–Crippen LogP) is 4.05. The van der Waals surface area contributed by atoms with Gasteiger partial charge in [0.15, 0.2) is 0 Å². The van der Waals surface area contributed by atoms with Crippen LogP contribution in [0.4, 0.5) is 17.6 Å². The molecule has 0 aromatic heterocycles. The van der Waals surface area contributed by atoms with Crippen LogP contribution in [0.2, 0.25) is 5.02 Å². The molecule has 1 aromatic carbocycles. The summed E-state index contributed by atoms with van der Waals surface area (Å²) < 4.78 is 51.1. The number of hydrogen-bond donors (Lipinski definition) is 1. The SMILES string of the molecule is CC(F)(F)C(F)(F)CC(O)c1ccc(Cl)cc1. The number of aliphatic hydroxyl groups is 1. The molecule has 6 heteroatoms. The van der Waals surface area contributed by atoms with Crippen LogP contribution in [0.5, 0.6) is 0 Å². The Morgan fingerprint density at radius 2 is 1.65 bits per heavy atom. The van der Waals surface area contributed by atoms with E-state index in [1.807, 2.05) is 0 Å². The first-order chi connectivity index (χ1) is 7.63. The molecule has 0 bridgehead atoms. The largest absolute Gasteiger partial charge is 0.388 e. The van der Waals surface area contributed by atoms with Crippen molar-refractivity contribution in [1.29, 1.82) is 0 Å². The summed E-state index contributed by atoms with van der Waals surface area (Å²) in [7, 11) is 0. The number of rotatable bonds is 4. The second-order valence-corrected chi connectivity index (χ2v) is 4.30. The predicted molar refractivity (Wildman–Crippen MR) is 56.6 cm³/mol. The van der Waals surface area contributed by atoms with Crippen LogP contribution < -0.4 is 0 Å². The minimum Gasteiger partial charge on any atom is -0.388 e. The molecule has 0 aliphatic heterocycles. The number of halogens is 5. The number of hydrogen-bond acceptors (Lipinski definition) is 1. The molecule has 0 saturated carbocycles. The Labute approximate surface area is 101 Å². The first-order valence-electron chi connectivity index (χ1n) is 4.82. The zero-order chi connectivity index (χ0) is 13.3. The van der Waals surface area contributed by atoms with Crippen LogP contribution in [0.3, 0.4) is 0 Å². The summed E-state index contributed by atoms with van der Waals surface area (Å²) in [6.07, 6.45) is -2.99. The second kappa shape index (κ2) is 4.82. The maximum atomic E-state index is 13.0. The zero-order valence-corrected chi connectivity index (χ0v) is 9.69. The van der Waals surface area contributed by atoms with Gasteiger partial charge in [0.05, 0.1) is 6.10 Å². The molecule has 1 aromatic rings. The molecular formula is C11H11ClF4O. The standard InChI is InChI=1S/C11H11ClF4O/c1-10(13,14)11(15,16)6-9(17)7-2-4-8(12)5-3-7/h2-5,9,17H,6H2,1H3. The Kier molecular flexibility index (Phi) is 4.04. The van der Waals surface area contributed by atoms with Crippen LogP contribution in [0, 0.1) is 0 Å². The van der Waals surface area contributed by atoms with Crippen molar-refractivity contribution < 1.29 is 22.7 Å². The highest BCUT2D eigenvalue weighted by Crippen LogP contribution is 2.40. The molecule has 0 aliphatic rings.